The summed E-state index contributed by atoms with van der Waals surface area (Å²) in [5, 5.41) is 9.33. The van der Waals surface area contributed by atoms with Gasteiger partial charge in [0, 0.05) is 19.6 Å². The minimum atomic E-state index is -4.36. The third kappa shape index (κ3) is 4.49. The van der Waals surface area contributed by atoms with Gasteiger partial charge in [-0.2, -0.15) is 13.2 Å². The quantitative estimate of drug-likeness (QED) is 0.542. The van der Waals surface area contributed by atoms with Crippen LogP contribution < -0.4 is 0 Å². The Morgan fingerprint density at radius 1 is 1.06 bits per heavy atom. The first-order chi connectivity index (χ1) is 14.7. The fraction of sp³-hybridized carbons (Fsp3) is 0.240. The number of rotatable bonds is 4. The molecule has 0 amide bonds. The molecular formula is C25H22F3NO2. The van der Waals surface area contributed by atoms with Crippen LogP contribution in [0.1, 0.15) is 45.5 Å². The maximum Gasteiger partial charge on any atom is 0.416 e. The molecule has 0 aromatic heterocycles. The maximum atomic E-state index is 13.1. The summed E-state index contributed by atoms with van der Waals surface area (Å²) in [6.45, 7) is 3.84. The van der Waals surface area contributed by atoms with Crippen molar-refractivity contribution in [3.05, 3.63) is 94.5 Å². The molecule has 3 aromatic rings. The number of fused-ring (bicyclic) bond motifs is 1. The number of nitrogens with zero attached hydrogens (tertiary/aromatic N) is 1. The number of hydrogen-bond donors (Lipinski definition) is 1. The highest BCUT2D eigenvalue weighted by molar-refractivity contribution is 5.89. The molecule has 4 rings (SSSR count). The molecule has 1 unspecified atom stereocenters. The minimum absolute atomic E-state index is 0.206. The van der Waals surface area contributed by atoms with Gasteiger partial charge in [0.2, 0.25) is 0 Å². The molecule has 3 aromatic carbocycles. The summed E-state index contributed by atoms with van der Waals surface area (Å²) >= 11 is 0. The minimum Gasteiger partial charge on any atom is -0.478 e. The third-order valence-electron chi connectivity index (χ3n) is 5.74. The molecule has 160 valence electrons. The first kappa shape index (κ1) is 21.1. The monoisotopic (exact) mass is 425 g/mol. The standard InChI is InChI=1S/C25H22F3NO2/c1-16-13-29(14-17-5-2-8-20(11-17)25(26,27)28)15-23-21(16)9-4-10-22(23)18-6-3-7-19(12-18)24(30)31/h2-12,16H,13-15H2,1H3,(H,30,31). The first-order valence-corrected chi connectivity index (χ1v) is 10.1. The third-order valence-corrected chi connectivity index (χ3v) is 5.74. The van der Waals surface area contributed by atoms with Crippen LogP contribution >= 0.6 is 0 Å². The van der Waals surface area contributed by atoms with Gasteiger partial charge in [0.15, 0.2) is 0 Å². The number of hydrogen-bond acceptors (Lipinski definition) is 2. The van der Waals surface area contributed by atoms with E-state index in [0.29, 0.717) is 18.7 Å². The van der Waals surface area contributed by atoms with Gasteiger partial charge in [-0.05, 0) is 51.9 Å². The van der Waals surface area contributed by atoms with Crippen molar-refractivity contribution in [3.8, 4) is 11.1 Å². The lowest BCUT2D eigenvalue weighted by molar-refractivity contribution is -0.137. The van der Waals surface area contributed by atoms with Crippen molar-refractivity contribution in [2.45, 2.75) is 32.1 Å². The van der Waals surface area contributed by atoms with E-state index in [1.165, 1.54) is 17.7 Å². The number of halogens is 3. The van der Waals surface area contributed by atoms with Gasteiger partial charge in [0.05, 0.1) is 11.1 Å². The van der Waals surface area contributed by atoms with Gasteiger partial charge in [-0.15, -0.1) is 0 Å². The van der Waals surface area contributed by atoms with Gasteiger partial charge in [0.1, 0.15) is 0 Å². The van der Waals surface area contributed by atoms with Crippen LogP contribution in [-0.2, 0) is 19.3 Å². The zero-order valence-electron chi connectivity index (χ0n) is 17.0. The van der Waals surface area contributed by atoms with Crippen LogP contribution in [0.5, 0.6) is 0 Å². The van der Waals surface area contributed by atoms with E-state index in [-0.39, 0.29) is 11.5 Å². The molecule has 3 nitrogen and oxygen atoms in total. The molecule has 1 aliphatic rings. The Morgan fingerprint density at radius 2 is 1.81 bits per heavy atom. The molecule has 0 spiro atoms. The number of alkyl halides is 3. The van der Waals surface area contributed by atoms with Crippen molar-refractivity contribution in [3.63, 3.8) is 0 Å². The molecule has 1 N–H and O–H groups in total. The first-order valence-electron chi connectivity index (χ1n) is 10.1. The largest absolute Gasteiger partial charge is 0.478 e. The fourth-order valence-corrected chi connectivity index (χ4v) is 4.33. The summed E-state index contributed by atoms with van der Waals surface area (Å²) < 4.78 is 39.2. The van der Waals surface area contributed by atoms with E-state index < -0.39 is 17.7 Å². The topological polar surface area (TPSA) is 40.5 Å². The van der Waals surface area contributed by atoms with Gasteiger partial charge in [-0.3, -0.25) is 4.90 Å². The van der Waals surface area contributed by atoms with Gasteiger partial charge in [0.25, 0.3) is 0 Å². The van der Waals surface area contributed by atoms with Crippen LogP contribution in [0.4, 0.5) is 13.2 Å². The number of carbonyl (C=O) groups is 1. The molecule has 0 saturated heterocycles. The summed E-state index contributed by atoms with van der Waals surface area (Å²) in [4.78, 5) is 13.5. The second-order valence-corrected chi connectivity index (χ2v) is 8.03. The van der Waals surface area contributed by atoms with Gasteiger partial charge in [-0.25, -0.2) is 4.79 Å². The molecule has 1 heterocycles. The van der Waals surface area contributed by atoms with Crippen LogP contribution in [0, 0.1) is 0 Å². The van der Waals surface area contributed by atoms with E-state index in [1.807, 2.05) is 18.2 Å². The van der Waals surface area contributed by atoms with Crippen LogP contribution in [0.15, 0.2) is 66.7 Å². The van der Waals surface area contributed by atoms with Crippen LogP contribution in [0.2, 0.25) is 0 Å². The summed E-state index contributed by atoms with van der Waals surface area (Å²) in [5.41, 5.74) is 4.28. The maximum absolute atomic E-state index is 13.1. The Hall–Kier alpha value is -3.12. The Bertz CT molecular complexity index is 1120. The Labute approximate surface area is 178 Å². The molecule has 0 aliphatic carbocycles. The number of benzene rings is 3. The van der Waals surface area contributed by atoms with Gasteiger partial charge in [-0.1, -0.05) is 55.5 Å². The summed E-state index contributed by atoms with van der Waals surface area (Å²) in [6.07, 6.45) is -4.36. The van der Waals surface area contributed by atoms with E-state index >= 15 is 0 Å². The summed E-state index contributed by atoms with van der Waals surface area (Å²) in [7, 11) is 0. The SMILES string of the molecule is CC1CN(Cc2cccc(C(F)(F)F)c2)Cc2c(-c3cccc(C(=O)O)c3)cccc21. The smallest absolute Gasteiger partial charge is 0.416 e. The normalized spacial score (nSPS) is 16.7. The highest BCUT2D eigenvalue weighted by Crippen LogP contribution is 2.36. The molecule has 1 aliphatic heterocycles. The van der Waals surface area contributed by atoms with E-state index in [1.54, 1.807) is 24.3 Å². The second-order valence-electron chi connectivity index (χ2n) is 8.03. The number of carboxylic acid groups (broad SMARTS) is 1. The Kier molecular flexibility index (Phi) is 5.58. The predicted molar refractivity (Wildman–Crippen MR) is 113 cm³/mol. The Morgan fingerprint density at radius 3 is 2.55 bits per heavy atom. The number of aromatic carboxylic acids is 1. The van der Waals surface area contributed by atoms with Crippen molar-refractivity contribution in [1.82, 2.24) is 4.90 Å². The lowest BCUT2D eigenvalue weighted by Crippen LogP contribution is -2.32. The molecular weight excluding hydrogens is 403 g/mol. The second kappa shape index (κ2) is 8.19. The van der Waals surface area contributed by atoms with Crippen LogP contribution in [0.25, 0.3) is 11.1 Å². The average molecular weight is 425 g/mol. The molecule has 31 heavy (non-hydrogen) atoms. The van der Waals surface area contributed by atoms with Crippen molar-refractivity contribution in [2.75, 3.05) is 6.54 Å². The zero-order valence-corrected chi connectivity index (χ0v) is 17.0. The molecule has 6 heteroatoms. The van der Waals surface area contributed by atoms with Crippen molar-refractivity contribution < 1.29 is 23.1 Å². The van der Waals surface area contributed by atoms with E-state index in [9.17, 15) is 23.1 Å². The Balaban J connectivity index is 1.66. The van der Waals surface area contributed by atoms with E-state index in [2.05, 4.69) is 17.9 Å². The van der Waals surface area contributed by atoms with Crippen molar-refractivity contribution in [1.29, 1.82) is 0 Å². The van der Waals surface area contributed by atoms with Crippen LogP contribution in [0.3, 0.4) is 0 Å². The lowest BCUT2D eigenvalue weighted by atomic mass is 9.85. The van der Waals surface area contributed by atoms with Crippen LogP contribution in [-0.4, -0.2) is 22.5 Å². The summed E-state index contributed by atoms with van der Waals surface area (Å²) in [6, 6.07) is 18.3. The molecule has 0 saturated carbocycles. The number of carboxylic acids is 1. The molecule has 0 bridgehead atoms. The highest BCUT2D eigenvalue weighted by atomic mass is 19.4. The van der Waals surface area contributed by atoms with Gasteiger partial charge >= 0.3 is 12.1 Å². The molecule has 0 fully saturated rings. The molecule has 1 atom stereocenters. The van der Waals surface area contributed by atoms with E-state index in [0.717, 1.165) is 29.3 Å². The average Bonchev–Trinajstić information content (AvgIpc) is 2.73. The van der Waals surface area contributed by atoms with E-state index in [4.69, 9.17) is 0 Å². The zero-order chi connectivity index (χ0) is 22.2. The predicted octanol–water partition coefficient (Wildman–Crippen LogP) is 6.19. The van der Waals surface area contributed by atoms with Gasteiger partial charge < -0.3 is 5.11 Å². The summed E-state index contributed by atoms with van der Waals surface area (Å²) in [5.74, 6) is -0.775. The highest BCUT2D eigenvalue weighted by Gasteiger charge is 2.31. The van der Waals surface area contributed by atoms with Crippen molar-refractivity contribution in [2.24, 2.45) is 0 Å². The fourth-order valence-electron chi connectivity index (χ4n) is 4.33. The molecule has 0 radical (unpaired) electrons. The lowest BCUT2D eigenvalue weighted by Gasteiger charge is -2.34. The van der Waals surface area contributed by atoms with Crippen molar-refractivity contribution >= 4 is 5.97 Å².